The van der Waals surface area contributed by atoms with Crippen LogP contribution in [-0.4, -0.2) is 48.1 Å². The van der Waals surface area contributed by atoms with E-state index >= 15 is 0 Å². The summed E-state index contributed by atoms with van der Waals surface area (Å²) in [6, 6.07) is 5.48. The summed E-state index contributed by atoms with van der Waals surface area (Å²) in [7, 11) is 0. The highest BCUT2D eigenvalue weighted by Gasteiger charge is 2.22. The molecule has 0 bridgehead atoms. The summed E-state index contributed by atoms with van der Waals surface area (Å²) in [5.41, 5.74) is 2.52. The van der Waals surface area contributed by atoms with Crippen molar-refractivity contribution in [1.29, 1.82) is 0 Å². The van der Waals surface area contributed by atoms with Gasteiger partial charge in [-0.3, -0.25) is 14.7 Å². The number of benzene rings is 1. The van der Waals surface area contributed by atoms with Crippen LogP contribution in [0.3, 0.4) is 0 Å². The Balaban J connectivity index is 1.57. The molecule has 1 fully saturated rings. The summed E-state index contributed by atoms with van der Waals surface area (Å²) >= 11 is 0. The van der Waals surface area contributed by atoms with Crippen molar-refractivity contribution in [2.75, 3.05) is 26.3 Å². The van der Waals surface area contributed by atoms with Crippen LogP contribution >= 0.6 is 0 Å². The van der Waals surface area contributed by atoms with Gasteiger partial charge in [0.1, 0.15) is 0 Å². The minimum absolute atomic E-state index is 0.0779. The smallest absolute Gasteiger partial charge is 0.253 e. The van der Waals surface area contributed by atoms with Gasteiger partial charge >= 0.3 is 0 Å². The average Bonchev–Trinajstić information content (AvgIpc) is 2.73. The minimum Gasteiger partial charge on any atom is -0.491 e. The number of hydrogen-bond acceptors (Lipinski definition) is 5. The van der Waals surface area contributed by atoms with E-state index in [2.05, 4.69) is 15.2 Å². The SMILES string of the molecule is CCOc1cc(CN2CCC(NC(=O)c3cncc(C)c3)CC2)cc(OCC)c1F. The molecule has 162 valence electrons. The fourth-order valence-corrected chi connectivity index (χ4v) is 3.68. The largest absolute Gasteiger partial charge is 0.491 e. The maximum atomic E-state index is 14.4. The third kappa shape index (κ3) is 5.69. The monoisotopic (exact) mass is 415 g/mol. The maximum absolute atomic E-state index is 14.4. The number of aromatic nitrogens is 1. The first-order valence-electron chi connectivity index (χ1n) is 10.5. The lowest BCUT2D eigenvalue weighted by molar-refractivity contribution is 0.0908. The van der Waals surface area contributed by atoms with Crippen molar-refractivity contribution in [3.63, 3.8) is 0 Å². The number of nitrogens with one attached hydrogen (secondary N) is 1. The quantitative estimate of drug-likeness (QED) is 0.712. The van der Waals surface area contributed by atoms with Gasteiger partial charge in [-0.2, -0.15) is 4.39 Å². The second kappa shape index (κ2) is 10.4. The molecule has 1 aromatic heterocycles. The zero-order chi connectivity index (χ0) is 21.5. The standard InChI is InChI=1S/C23H30FN3O3/c1-4-29-20-11-17(12-21(22(20)24)30-5-2)15-27-8-6-19(7-9-27)26-23(28)18-10-16(3)13-25-14-18/h10-14,19H,4-9,15H2,1-3H3,(H,26,28). The molecular weight excluding hydrogens is 385 g/mol. The van der Waals surface area contributed by atoms with Crippen LogP contribution in [0.1, 0.15) is 48.2 Å². The number of carbonyl (C=O) groups excluding carboxylic acids is 1. The van der Waals surface area contributed by atoms with Gasteiger partial charge in [0.25, 0.3) is 5.91 Å². The molecule has 1 N–H and O–H groups in total. The first kappa shape index (κ1) is 22.0. The van der Waals surface area contributed by atoms with Crippen LogP contribution in [0.15, 0.2) is 30.6 Å². The number of rotatable bonds is 8. The number of nitrogens with zero attached hydrogens (tertiary/aromatic N) is 2. The minimum atomic E-state index is -0.450. The number of halogens is 1. The Bertz CT molecular complexity index is 840. The van der Waals surface area contributed by atoms with Crippen LogP contribution in [0.2, 0.25) is 0 Å². The van der Waals surface area contributed by atoms with Crippen molar-refractivity contribution < 1.29 is 18.7 Å². The predicted molar refractivity (Wildman–Crippen MR) is 113 cm³/mol. The molecule has 2 aromatic rings. The first-order valence-corrected chi connectivity index (χ1v) is 10.5. The van der Waals surface area contributed by atoms with Gasteiger partial charge in [-0.05, 0) is 62.9 Å². The molecule has 6 nitrogen and oxygen atoms in total. The van der Waals surface area contributed by atoms with Crippen LogP contribution in [0.25, 0.3) is 0 Å². The molecule has 2 heterocycles. The molecule has 3 rings (SSSR count). The van der Waals surface area contributed by atoms with E-state index in [1.807, 2.05) is 26.8 Å². The molecule has 1 aliphatic heterocycles. The molecule has 1 saturated heterocycles. The first-order chi connectivity index (χ1) is 14.5. The molecule has 0 atom stereocenters. The van der Waals surface area contributed by atoms with Crippen LogP contribution < -0.4 is 14.8 Å². The summed E-state index contributed by atoms with van der Waals surface area (Å²) in [4.78, 5) is 18.8. The van der Waals surface area contributed by atoms with Crippen molar-refractivity contribution in [3.8, 4) is 11.5 Å². The molecule has 1 aromatic carbocycles. The number of piperidine rings is 1. The second-order valence-electron chi connectivity index (χ2n) is 7.55. The van der Waals surface area contributed by atoms with Crippen molar-refractivity contribution in [2.24, 2.45) is 0 Å². The number of hydrogen-bond donors (Lipinski definition) is 1. The van der Waals surface area contributed by atoms with Gasteiger partial charge in [-0.1, -0.05) is 0 Å². The van der Waals surface area contributed by atoms with Gasteiger partial charge in [0.05, 0.1) is 18.8 Å². The zero-order valence-corrected chi connectivity index (χ0v) is 17.9. The highest BCUT2D eigenvalue weighted by Crippen LogP contribution is 2.30. The van der Waals surface area contributed by atoms with Gasteiger partial charge in [0.2, 0.25) is 5.82 Å². The third-order valence-electron chi connectivity index (χ3n) is 5.13. The Labute approximate surface area is 177 Å². The van der Waals surface area contributed by atoms with E-state index in [1.54, 1.807) is 24.5 Å². The van der Waals surface area contributed by atoms with E-state index in [1.165, 1.54) is 0 Å². The number of carbonyl (C=O) groups is 1. The van der Waals surface area contributed by atoms with Gasteiger partial charge in [0, 0.05) is 38.1 Å². The molecule has 0 aliphatic carbocycles. The number of amides is 1. The number of ether oxygens (including phenoxy) is 2. The lowest BCUT2D eigenvalue weighted by Gasteiger charge is -2.32. The Kier molecular flexibility index (Phi) is 7.63. The molecule has 7 heteroatoms. The summed E-state index contributed by atoms with van der Waals surface area (Å²) in [5.74, 6) is -0.0693. The van der Waals surface area contributed by atoms with Crippen LogP contribution in [0.5, 0.6) is 11.5 Å². The fourth-order valence-electron chi connectivity index (χ4n) is 3.68. The van der Waals surface area contributed by atoms with E-state index in [-0.39, 0.29) is 23.4 Å². The van der Waals surface area contributed by atoms with Gasteiger partial charge in [-0.15, -0.1) is 0 Å². The molecule has 1 amide bonds. The van der Waals surface area contributed by atoms with E-state index in [4.69, 9.17) is 9.47 Å². The Morgan fingerprint density at radius 1 is 1.13 bits per heavy atom. The summed E-state index contributed by atoms with van der Waals surface area (Å²) < 4.78 is 25.3. The van der Waals surface area contributed by atoms with E-state index in [0.717, 1.165) is 37.1 Å². The third-order valence-corrected chi connectivity index (χ3v) is 5.13. The molecule has 0 spiro atoms. The van der Waals surface area contributed by atoms with Crippen molar-refractivity contribution >= 4 is 5.91 Å². The number of likely N-dealkylation sites (tertiary alicyclic amines) is 1. The molecule has 0 radical (unpaired) electrons. The maximum Gasteiger partial charge on any atom is 0.253 e. The number of aryl methyl sites for hydroxylation is 1. The highest BCUT2D eigenvalue weighted by molar-refractivity contribution is 5.94. The van der Waals surface area contributed by atoms with Crippen molar-refractivity contribution in [1.82, 2.24) is 15.2 Å². The van der Waals surface area contributed by atoms with Crippen molar-refractivity contribution in [2.45, 2.75) is 46.2 Å². The zero-order valence-electron chi connectivity index (χ0n) is 17.9. The van der Waals surface area contributed by atoms with Crippen LogP contribution in [-0.2, 0) is 6.54 Å². The van der Waals surface area contributed by atoms with E-state index in [9.17, 15) is 9.18 Å². The molecule has 0 unspecified atom stereocenters. The highest BCUT2D eigenvalue weighted by atomic mass is 19.1. The van der Waals surface area contributed by atoms with Gasteiger partial charge in [0.15, 0.2) is 11.5 Å². The molecule has 0 saturated carbocycles. The summed E-state index contributed by atoms with van der Waals surface area (Å²) in [6.45, 7) is 8.76. The second-order valence-corrected chi connectivity index (χ2v) is 7.55. The average molecular weight is 416 g/mol. The van der Waals surface area contributed by atoms with E-state index < -0.39 is 5.82 Å². The Hall–Kier alpha value is -2.67. The van der Waals surface area contributed by atoms with Crippen LogP contribution in [0, 0.1) is 12.7 Å². The lowest BCUT2D eigenvalue weighted by Crippen LogP contribution is -2.44. The van der Waals surface area contributed by atoms with Crippen LogP contribution in [0.4, 0.5) is 4.39 Å². The Morgan fingerprint density at radius 2 is 1.77 bits per heavy atom. The molecular formula is C23H30FN3O3. The fraction of sp³-hybridized carbons (Fsp3) is 0.478. The van der Waals surface area contributed by atoms with Crippen molar-refractivity contribution in [3.05, 3.63) is 53.1 Å². The molecule has 1 aliphatic rings. The van der Waals surface area contributed by atoms with Gasteiger partial charge < -0.3 is 14.8 Å². The van der Waals surface area contributed by atoms with E-state index in [0.29, 0.717) is 25.3 Å². The predicted octanol–water partition coefficient (Wildman–Crippen LogP) is 3.72. The summed E-state index contributed by atoms with van der Waals surface area (Å²) in [5, 5.41) is 3.11. The topological polar surface area (TPSA) is 63.7 Å². The number of pyridine rings is 1. The lowest BCUT2D eigenvalue weighted by atomic mass is 10.0. The normalized spacial score (nSPS) is 15.1. The van der Waals surface area contributed by atoms with Gasteiger partial charge in [-0.25, -0.2) is 0 Å². The summed E-state index contributed by atoms with van der Waals surface area (Å²) in [6.07, 6.45) is 5.06. The Morgan fingerprint density at radius 3 is 2.33 bits per heavy atom. The molecule has 30 heavy (non-hydrogen) atoms.